The predicted octanol–water partition coefficient (Wildman–Crippen LogP) is 5.69. The third kappa shape index (κ3) is 6.95. The summed E-state index contributed by atoms with van der Waals surface area (Å²) in [6, 6.07) is 7.84. The van der Waals surface area contributed by atoms with Crippen LogP contribution in [0.2, 0.25) is 0 Å². The summed E-state index contributed by atoms with van der Waals surface area (Å²) in [5, 5.41) is 12.4. The van der Waals surface area contributed by atoms with Crippen molar-refractivity contribution in [2.45, 2.75) is 49.4 Å². The Hall–Kier alpha value is -3.13. The molecule has 0 aromatic heterocycles. The van der Waals surface area contributed by atoms with Crippen molar-refractivity contribution in [3.63, 3.8) is 0 Å². The van der Waals surface area contributed by atoms with E-state index in [9.17, 15) is 26.7 Å². The average molecular weight is 638 g/mol. The number of carbonyl (C=O) groups is 2. The van der Waals surface area contributed by atoms with Crippen molar-refractivity contribution in [1.82, 2.24) is 10.2 Å². The van der Waals surface area contributed by atoms with Crippen molar-refractivity contribution in [2.24, 2.45) is 0 Å². The summed E-state index contributed by atoms with van der Waals surface area (Å²) in [7, 11) is 5.35. The van der Waals surface area contributed by atoms with Gasteiger partial charge in [0.15, 0.2) is 23.1 Å². The monoisotopic (exact) mass is 637 g/mol. The highest BCUT2D eigenvalue weighted by atomic mass is 79.9. The second kappa shape index (κ2) is 12.6. The van der Waals surface area contributed by atoms with Crippen LogP contribution < -0.4 is 20.1 Å². The topological polar surface area (TPSA) is 100 Å². The molecule has 4 rings (SSSR count). The summed E-state index contributed by atoms with van der Waals surface area (Å²) >= 11 is 3.04. The second-order valence-electron chi connectivity index (χ2n) is 9.59. The number of likely N-dealkylation sites (N-methyl/N-ethyl adjacent to an activating group) is 1. The number of ether oxygens (including phenoxy) is 2. The number of halogens is 6. The van der Waals surface area contributed by atoms with Gasteiger partial charge < -0.3 is 30.1 Å². The average Bonchev–Trinajstić information content (AvgIpc) is 3.22. The van der Waals surface area contributed by atoms with Crippen LogP contribution in [0.15, 0.2) is 34.8 Å². The first-order valence-corrected chi connectivity index (χ1v) is 13.0. The van der Waals surface area contributed by atoms with E-state index in [1.165, 1.54) is 5.56 Å². The number of carboxylic acids is 1. The molecule has 220 valence electrons. The Labute approximate surface area is 235 Å². The first-order chi connectivity index (χ1) is 18.7. The zero-order valence-electron chi connectivity index (χ0n) is 21.9. The van der Waals surface area contributed by atoms with Crippen molar-refractivity contribution in [1.29, 1.82) is 0 Å². The summed E-state index contributed by atoms with van der Waals surface area (Å²) in [5.41, 5.74) is 0.702. The summed E-state index contributed by atoms with van der Waals surface area (Å²) < 4.78 is 71.1. The van der Waals surface area contributed by atoms with Gasteiger partial charge in [-0.1, -0.05) is 22.0 Å². The molecule has 14 heteroatoms. The highest BCUT2D eigenvalue weighted by molar-refractivity contribution is 9.10. The zero-order chi connectivity index (χ0) is 29.8. The maximum absolute atomic E-state index is 14.1. The molecule has 8 nitrogen and oxygen atoms in total. The van der Waals surface area contributed by atoms with Gasteiger partial charge in [0.25, 0.3) is 0 Å². The van der Waals surface area contributed by atoms with E-state index in [1.807, 2.05) is 6.07 Å². The van der Waals surface area contributed by atoms with E-state index in [0.717, 1.165) is 44.4 Å². The normalized spacial score (nSPS) is 22.4. The van der Waals surface area contributed by atoms with Gasteiger partial charge in [0.2, 0.25) is 0 Å². The molecule has 0 spiro atoms. The van der Waals surface area contributed by atoms with Gasteiger partial charge in [0, 0.05) is 22.0 Å². The number of methoxy groups -OCH3 is 2. The van der Waals surface area contributed by atoms with E-state index in [1.54, 1.807) is 14.2 Å². The highest BCUT2D eigenvalue weighted by Crippen LogP contribution is 2.49. The molecule has 2 aliphatic rings. The summed E-state index contributed by atoms with van der Waals surface area (Å²) in [5.74, 6) is -3.02. The molecule has 2 aromatic rings. The van der Waals surface area contributed by atoms with Crippen molar-refractivity contribution in [2.75, 3.05) is 33.1 Å². The van der Waals surface area contributed by atoms with Crippen LogP contribution in [0.3, 0.4) is 0 Å². The number of fused-ring (bicyclic) bond motifs is 1. The Balaban J connectivity index is 0.000000559. The number of likely N-dealkylation sites (tertiary alicyclic amines) is 1. The van der Waals surface area contributed by atoms with E-state index >= 15 is 0 Å². The number of urea groups is 1. The molecule has 2 amide bonds. The number of hydrogen-bond acceptors (Lipinski definition) is 5. The van der Waals surface area contributed by atoms with Crippen LogP contribution in [0, 0.1) is 11.6 Å². The van der Waals surface area contributed by atoms with E-state index in [4.69, 9.17) is 19.4 Å². The van der Waals surface area contributed by atoms with Crippen LogP contribution in [0.5, 0.6) is 11.5 Å². The van der Waals surface area contributed by atoms with Gasteiger partial charge in [-0.3, -0.25) is 0 Å². The molecule has 2 fully saturated rings. The summed E-state index contributed by atoms with van der Waals surface area (Å²) in [6.07, 6.45) is -1.69. The predicted molar refractivity (Wildman–Crippen MR) is 140 cm³/mol. The summed E-state index contributed by atoms with van der Waals surface area (Å²) in [6.45, 7) is 0.952. The van der Waals surface area contributed by atoms with Gasteiger partial charge in [0.05, 0.1) is 14.2 Å². The molecule has 1 heterocycles. The summed E-state index contributed by atoms with van der Waals surface area (Å²) in [4.78, 5) is 23.8. The van der Waals surface area contributed by atoms with Gasteiger partial charge in [-0.05, 0) is 69.1 Å². The lowest BCUT2D eigenvalue weighted by atomic mass is 9.65. The van der Waals surface area contributed by atoms with E-state index in [-0.39, 0.29) is 22.0 Å². The SMILES string of the molecule is COc1ccc(C23CCC(NC(=O)Nc4c(F)cc(Br)cc4F)CC2N(C)CC3)cc1OC.O=C(O)C(F)(F)F. The van der Waals surface area contributed by atoms with Crippen LogP contribution in [0.4, 0.5) is 32.4 Å². The van der Waals surface area contributed by atoms with E-state index < -0.39 is 35.5 Å². The number of carbonyl (C=O) groups excluding carboxylic acids is 1. The number of aliphatic carboxylic acids is 1. The lowest BCUT2D eigenvalue weighted by Crippen LogP contribution is -2.52. The number of hydrogen-bond donors (Lipinski definition) is 3. The lowest BCUT2D eigenvalue weighted by Gasteiger charge is -2.45. The Kier molecular flexibility index (Phi) is 9.88. The van der Waals surface area contributed by atoms with Crippen LogP contribution in [0.1, 0.15) is 31.2 Å². The number of carboxylic acid groups (broad SMARTS) is 1. The van der Waals surface area contributed by atoms with Crippen molar-refractivity contribution in [3.05, 3.63) is 52.0 Å². The molecule has 0 radical (unpaired) electrons. The largest absolute Gasteiger partial charge is 0.493 e. The minimum Gasteiger partial charge on any atom is -0.493 e. The lowest BCUT2D eigenvalue weighted by molar-refractivity contribution is -0.192. The number of nitrogens with zero attached hydrogens (tertiary/aromatic N) is 1. The van der Waals surface area contributed by atoms with Crippen LogP contribution in [0.25, 0.3) is 0 Å². The molecule has 0 bridgehead atoms. The molecular weight excluding hydrogens is 609 g/mol. The molecular formula is C26H29BrF5N3O5. The second-order valence-corrected chi connectivity index (χ2v) is 10.5. The molecule has 40 heavy (non-hydrogen) atoms. The minimum atomic E-state index is -5.08. The van der Waals surface area contributed by atoms with Crippen molar-refractivity contribution < 1.29 is 46.1 Å². The van der Waals surface area contributed by atoms with Crippen molar-refractivity contribution in [3.8, 4) is 11.5 Å². The number of anilines is 1. The molecule has 1 aliphatic carbocycles. The fourth-order valence-electron chi connectivity index (χ4n) is 5.39. The molecule has 1 aliphatic heterocycles. The van der Waals surface area contributed by atoms with Gasteiger partial charge in [0.1, 0.15) is 5.69 Å². The van der Waals surface area contributed by atoms with Gasteiger partial charge in [-0.2, -0.15) is 13.2 Å². The number of nitrogens with one attached hydrogen (secondary N) is 2. The third-order valence-corrected chi connectivity index (χ3v) is 7.77. The molecule has 3 N–H and O–H groups in total. The highest BCUT2D eigenvalue weighted by Gasteiger charge is 2.50. The van der Waals surface area contributed by atoms with Crippen LogP contribution in [-0.2, 0) is 10.2 Å². The zero-order valence-corrected chi connectivity index (χ0v) is 23.5. The number of amides is 2. The fraction of sp³-hybridized carbons (Fsp3) is 0.462. The molecule has 1 saturated heterocycles. The molecule has 3 atom stereocenters. The van der Waals surface area contributed by atoms with E-state index in [0.29, 0.717) is 11.5 Å². The standard InChI is InChI=1S/C24H28BrF2N3O3.C2HF3O2/c1-30-9-8-24(14-4-5-19(32-2)20(10-14)33-3)7-6-16(13-21(24)30)28-23(31)29-22-17(26)11-15(25)12-18(22)27;3-2(4,5)1(6)7/h4-5,10-12,16,21H,6-9,13H2,1-3H3,(H2,28,29,31);(H,6,7). The first kappa shape index (κ1) is 31.4. The van der Waals surface area contributed by atoms with Gasteiger partial charge >= 0.3 is 18.2 Å². The van der Waals surface area contributed by atoms with Crippen molar-refractivity contribution >= 4 is 33.6 Å². The fourth-order valence-corrected chi connectivity index (χ4v) is 5.79. The Morgan fingerprint density at radius 2 is 1.68 bits per heavy atom. The van der Waals surface area contributed by atoms with Crippen LogP contribution in [-0.4, -0.2) is 68.1 Å². The number of alkyl halides is 3. The minimum absolute atomic E-state index is 0.0487. The molecule has 1 saturated carbocycles. The quantitative estimate of drug-likeness (QED) is 0.364. The van der Waals surface area contributed by atoms with Gasteiger partial charge in [-0.15, -0.1) is 0 Å². The maximum atomic E-state index is 14.1. The van der Waals surface area contributed by atoms with Crippen LogP contribution >= 0.6 is 15.9 Å². The van der Waals surface area contributed by atoms with Gasteiger partial charge in [-0.25, -0.2) is 18.4 Å². The Morgan fingerprint density at radius 1 is 1.07 bits per heavy atom. The number of benzene rings is 2. The van der Waals surface area contributed by atoms with E-state index in [2.05, 4.69) is 50.6 Å². The maximum Gasteiger partial charge on any atom is 0.490 e. The molecule has 3 unspecified atom stereocenters. The first-order valence-electron chi connectivity index (χ1n) is 12.2. The third-order valence-electron chi connectivity index (χ3n) is 7.31. The number of rotatable bonds is 5. The smallest absolute Gasteiger partial charge is 0.490 e. The Morgan fingerprint density at radius 3 is 2.23 bits per heavy atom. The molecule has 2 aromatic carbocycles. The Bertz CT molecular complexity index is 1220.